The van der Waals surface area contributed by atoms with Crippen molar-refractivity contribution >= 4 is 38.9 Å². The summed E-state index contributed by atoms with van der Waals surface area (Å²) < 4.78 is 2.38. The number of para-hydroxylation sites is 1. The first kappa shape index (κ1) is 39.3. The van der Waals surface area contributed by atoms with E-state index in [2.05, 4.69) is 235 Å². The highest BCUT2D eigenvalue weighted by molar-refractivity contribution is 6.09. The summed E-state index contributed by atoms with van der Waals surface area (Å²) in [6.07, 6.45) is 1.97. The molecule has 0 bridgehead atoms. The lowest BCUT2D eigenvalue weighted by Crippen LogP contribution is -2.32. The van der Waals surface area contributed by atoms with Crippen LogP contribution in [0.25, 0.3) is 27.6 Å². The predicted octanol–water partition coefficient (Wildman–Crippen LogP) is 14.0. The lowest BCUT2D eigenvalue weighted by atomic mass is 9.64. The molecule has 4 nitrogen and oxygen atoms in total. The zero-order chi connectivity index (χ0) is 42.2. The standard InChI is InChI=1S/C56H58N4/c1-53(2,3)40-26-28-49-51(34-40)59(37-58(49)10)45-32-43(55(7,8)9)31-44(33-45)56(38-19-13-11-14-20-38,39-21-15-12-16-22-39)42-25-27-47-46-23-17-18-24-48(46)60(50(47)35-42)52-36-41(29-30-57-52)54(4,5)6/h11-36H,37H2,1-10H3. The Bertz CT molecular complexity index is 2820. The van der Waals surface area contributed by atoms with Gasteiger partial charge < -0.3 is 9.80 Å². The molecule has 302 valence electrons. The van der Waals surface area contributed by atoms with Gasteiger partial charge in [0.25, 0.3) is 0 Å². The largest absolute Gasteiger partial charge is 0.355 e. The average molecular weight is 787 g/mol. The first-order valence-corrected chi connectivity index (χ1v) is 21.5. The van der Waals surface area contributed by atoms with Crippen LogP contribution in [0.3, 0.4) is 0 Å². The number of pyridine rings is 1. The smallest absolute Gasteiger partial charge is 0.137 e. The van der Waals surface area contributed by atoms with Gasteiger partial charge in [-0.25, -0.2) is 4.98 Å². The van der Waals surface area contributed by atoms with Gasteiger partial charge in [-0.1, -0.05) is 165 Å². The van der Waals surface area contributed by atoms with Gasteiger partial charge in [-0.3, -0.25) is 4.57 Å². The number of fused-ring (bicyclic) bond motifs is 4. The third-order valence-electron chi connectivity index (χ3n) is 12.8. The fourth-order valence-corrected chi connectivity index (χ4v) is 9.36. The second-order valence-electron chi connectivity index (χ2n) is 20.0. The Morgan fingerprint density at radius 2 is 1.00 bits per heavy atom. The van der Waals surface area contributed by atoms with Crippen LogP contribution >= 0.6 is 0 Å². The van der Waals surface area contributed by atoms with Crippen molar-refractivity contribution in [2.24, 2.45) is 0 Å². The number of hydrogen-bond acceptors (Lipinski definition) is 3. The van der Waals surface area contributed by atoms with Crippen molar-refractivity contribution in [1.29, 1.82) is 0 Å². The molecule has 8 aromatic rings. The number of benzene rings is 6. The van der Waals surface area contributed by atoms with Gasteiger partial charge in [-0.05, 0) is 104 Å². The quantitative estimate of drug-likeness (QED) is 0.157. The van der Waals surface area contributed by atoms with Gasteiger partial charge in [0.15, 0.2) is 0 Å². The van der Waals surface area contributed by atoms with Crippen molar-refractivity contribution in [2.75, 3.05) is 23.5 Å². The average Bonchev–Trinajstić information content (AvgIpc) is 3.75. The van der Waals surface area contributed by atoms with Crippen molar-refractivity contribution in [2.45, 2.75) is 84.0 Å². The molecule has 0 atom stereocenters. The van der Waals surface area contributed by atoms with E-state index in [9.17, 15) is 0 Å². The van der Waals surface area contributed by atoms with Crippen molar-refractivity contribution < 1.29 is 0 Å². The van der Waals surface area contributed by atoms with Crippen LogP contribution in [0, 0.1) is 0 Å². The van der Waals surface area contributed by atoms with E-state index in [1.165, 1.54) is 66.8 Å². The number of rotatable bonds is 6. The molecular weight excluding hydrogens is 729 g/mol. The van der Waals surface area contributed by atoms with Gasteiger partial charge in [-0.15, -0.1) is 0 Å². The van der Waals surface area contributed by atoms with E-state index >= 15 is 0 Å². The van der Waals surface area contributed by atoms with Crippen LogP contribution in [-0.4, -0.2) is 23.3 Å². The molecule has 2 aromatic heterocycles. The number of nitrogens with zero attached hydrogens (tertiary/aromatic N) is 4. The highest BCUT2D eigenvalue weighted by Gasteiger charge is 2.41. The summed E-state index contributed by atoms with van der Waals surface area (Å²) in [5.41, 5.74) is 14.0. The van der Waals surface area contributed by atoms with Gasteiger partial charge in [0.05, 0.1) is 34.5 Å². The highest BCUT2D eigenvalue weighted by Crippen LogP contribution is 2.50. The molecule has 0 N–H and O–H groups in total. The molecule has 1 aliphatic heterocycles. The molecule has 4 heteroatoms. The van der Waals surface area contributed by atoms with E-state index in [4.69, 9.17) is 4.98 Å². The summed E-state index contributed by atoms with van der Waals surface area (Å²) in [6, 6.07) is 57.1. The molecule has 3 heterocycles. The molecule has 0 saturated heterocycles. The summed E-state index contributed by atoms with van der Waals surface area (Å²) in [5.74, 6) is 0.930. The number of aromatic nitrogens is 2. The number of hydrogen-bond donors (Lipinski definition) is 0. The molecule has 0 amide bonds. The maximum absolute atomic E-state index is 5.06. The first-order valence-electron chi connectivity index (χ1n) is 21.5. The topological polar surface area (TPSA) is 24.3 Å². The second kappa shape index (κ2) is 14.3. The first-order chi connectivity index (χ1) is 28.5. The minimum absolute atomic E-state index is 0.0217. The van der Waals surface area contributed by atoms with Crippen LogP contribution in [-0.2, 0) is 21.7 Å². The third-order valence-corrected chi connectivity index (χ3v) is 12.8. The summed E-state index contributed by atoms with van der Waals surface area (Å²) >= 11 is 0. The third kappa shape index (κ3) is 6.58. The van der Waals surface area contributed by atoms with Crippen molar-refractivity contribution in [1.82, 2.24) is 9.55 Å². The van der Waals surface area contributed by atoms with Crippen LogP contribution < -0.4 is 9.80 Å². The van der Waals surface area contributed by atoms with E-state index in [-0.39, 0.29) is 16.2 Å². The highest BCUT2D eigenvalue weighted by atomic mass is 15.4. The Morgan fingerprint density at radius 1 is 0.433 bits per heavy atom. The van der Waals surface area contributed by atoms with Crippen molar-refractivity contribution in [3.05, 3.63) is 197 Å². The minimum Gasteiger partial charge on any atom is -0.355 e. The second-order valence-corrected chi connectivity index (χ2v) is 20.0. The molecule has 60 heavy (non-hydrogen) atoms. The minimum atomic E-state index is -0.684. The fraction of sp³-hybridized carbons (Fsp3) is 0.268. The normalized spacial score (nSPS) is 13.7. The van der Waals surface area contributed by atoms with Crippen molar-refractivity contribution in [3.63, 3.8) is 0 Å². The van der Waals surface area contributed by atoms with Crippen LogP contribution in [0.5, 0.6) is 0 Å². The maximum Gasteiger partial charge on any atom is 0.137 e. The Labute approximate surface area is 357 Å². The Kier molecular flexibility index (Phi) is 9.35. The zero-order valence-corrected chi connectivity index (χ0v) is 37.0. The number of anilines is 3. The fourth-order valence-electron chi connectivity index (χ4n) is 9.36. The van der Waals surface area contributed by atoms with Gasteiger partial charge in [-0.2, -0.15) is 0 Å². The SMILES string of the molecule is CN1CN(c2cc(C(C)(C)C)cc(C(c3ccccc3)(c3ccccc3)c3ccc4c5ccccc5n(-c5cc(C(C)(C)C)ccn5)c4c3)c2)c2cc(C(C)(C)C)ccc21. The van der Waals surface area contributed by atoms with Crippen LogP contribution in [0.15, 0.2) is 158 Å². The molecule has 0 aliphatic carbocycles. The summed E-state index contributed by atoms with van der Waals surface area (Å²) in [7, 11) is 2.21. The zero-order valence-electron chi connectivity index (χ0n) is 37.0. The molecule has 0 unspecified atom stereocenters. The Hall–Kier alpha value is -6.13. The van der Waals surface area contributed by atoms with E-state index in [0.717, 1.165) is 23.5 Å². The van der Waals surface area contributed by atoms with E-state index in [1.54, 1.807) is 0 Å². The Morgan fingerprint density at radius 3 is 1.65 bits per heavy atom. The van der Waals surface area contributed by atoms with Gasteiger partial charge >= 0.3 is 0 Å². The van der Waals surface area contributed by atoms with Crippen LogP contribution in [0.4, 0.5) is 17.1 Å². The molecule has 0 radical (unpaired) electrons. The monoisotopic (exact) mass is 786 g/mol. The predicted molar refractivity (Wildman–Crippen MR) is 255 cm³/mol. The molecule has 9 rings (SSSR count). The van der Waals surface area contributed by atoms with E-state index in [0.29, 0.717) is 0 Å². The van der Waals surface area contributed by atoms with Crippen LogP contribution in [0.2, 0.25) is 0 Å². The van der Waals surface area contributed by atoms with Crippen molar-refractivity contribution in [3.8, 4) is 5.82 Å². The lowest BCUT2D eigenvalue weighted by molar-refractivity contribution is 0.587. The van der Waals surface area contributed by atoms with Crippen LogP contribution in [0.1, 0.15) is 101 Å². The summed E-state index contributed by atoms with van der Waals surface area (Å²) in [6.45, 7) is 21.5. The molecule has 0 spiro atoms. The van der Waals surface area contributed by atoms with Gasteiger partial charge in [0.1, 0.15) is 5.82 Å². The summed E-state index contributed by atoms with van der Waals surface area (Å²) in [5, 5.41) is 2.43. The molecular formula is C56H58N4. The molecule has 0 fully saturated rings. The maximum atomic E-state index is 5.06. The molecule has 1 aliphatic rings. The Balaban J connectivity index is 1.38. The summed E-state index contributed by atoms with van der Waals surface area (Å²) in [4.78, 5) is 9.96. The van der Waals surface area contributed by atoms with E-state index < -0.39 is 5.41 Å². The lowest BCUT2D eigenvalue weighted by Gasteiger charge is -2.39. The molecule has 6 aromatic carbocycles. The molecule has 0 saturated carbocycles. The van der Waals surface area contributed by atoms with Gasteiger partial charge in [0.2, 0.25) is 0 Å². The van der Waals surface area contributed by atoms with Gasteiger partial charge in [0, 0.05) is 29.7 Å². The van der Waals surface area contributed by atoms with E-state index in [1.807, 2.05) is 6.20 Å².